The van der Waals surface area contributed by atoms with Crippen LogP contribution in [0.2, 0.25) is 0 Å². The molecule has 1 aromatic carbocycles. The van der Waals surface area contributed by atoms with Crippen LogP contribution < -0.4 is 16.9 Å². The Hall–Kier alpha value is -2.54. The topological polar surface area (TPSA) is 111 Å². The van der Waals surface area contributed by atoms with Crippen molar-refractivity contribution in [2.24, 2.45) is 0 Å². The van der Waals surface area contributed by atoms with Gasteiger partial charge in [0.15, 0.2) is 5.43 Å². The third-order valence-electron chi connectivity index (χ3n) is 4.75. The number of rotatable bonds is 2. The fraction of sp³-hybridized carbons (Fsp3) is 0.333. The maximum absolute atomic E-state index is 13.2. The molecule has 0 bridgehead atoms. The molecule has 0 atom stereocenters. The number of carbonyl (C=O) groups excluding carboxylic acids is 1. The molecule has 0 saturated carbocycles. The second-order valence-corrected chi connectivity index (χ2v) is 7.37. The van der Waals surface area contributed by atoms with E-state index < -0.39 is 5.97 Å². The molecule has 0 fully saturated rings. The fourth-order valence-corrected chi connectivity index (χ4v) is 4.94. The summed E-state index contributed by atoms with van der Waals surface area (Å²) in [6, 6.07) is 1.59. The number of hydrogen-bond acceptors (Lipinski definition) is 6. The van der Waals surface area contributed by atoms with Crippen molar-refractivity contribution in [3.8, 4) is 0 Å². The Morgan fingerprint density at radius 1 is 1.28 bits per heavy atom. The SMILES string of the molecule is CCOC(=O)c1c(N)cc2[nH]c3sc4c(c3c(=O)c2c1N)CCCC4. The average Bonchev–Trinajstić information content (AvgIpc) is 2.93. The lowest BCUT2D eigenvalue weighted by molar-refractivity contribution is 0.0529. The van der Waals surface area contributed by atoms with Gasteiger partial charge >= 0.3 is 5.97 Å². The van der Waals surface area contributed by atoms with E-state index in [1.165, 1.54) is 4.88 Å². The van der Waals surface area contributed by atoms with E-state index in [4.69, 9.17) is 16.2 Å². The van der Waals surface area contributed by atoms with E-state index in [1.54, 1.807) is 24.3 Å². The van der Waals surface area contributed by atoms with E-state index in [0.717, 1.165) is 36.1 Å². The van der Waals surface area contributed by atoms with Crippen molar-refractivity contribution in [3.63, 3.8) is 0 Å². The van der Waals surface area contributed by atoms with Crippen molar-refractivity contribution < 1.29 is 9.53 Å². The van der Waals surface area contributed by atoms with Gasteiger partial charge in [0.2, 0.25) is 0 Å². The molecule has 4 rings (SSSR count). The van der Waals surface area contributed by atoms with Crippen LogP contribution in [0.5, 0.6) is 0 Å². The summed E-state index contributed by atoms with van der Waals surface area (Å²) < 4.78 is 5.03. The van der Waals surface area contributed by atoms with Crippen LogP contribution in [-0.4, -0.2) is 17.6 Å². The van der Waals surface area contributed by atoms with Gasteiger partial charge in [-0.25, -0.2) is 4.79 Å². The molecule has 0 saturated heterocycles. The lowest BCUT2D eigenvalue weighted by atomic mass is 9.95. The number of thiophene rings is 1. The molecule has 2 aromatic heterocycles. The minimum absolute atomic E-state index is 0.0725. The molecular weight excluding hydrogens is 338 g/mol. The maximum Gasteiger partial charge on any atom is 0.342 e. The summed E-state index contributed by atoms with van der Waals surface area (Å²) in [4.78, 5) is 30.8. The van der Waals surface area contributed by atoms with Crippen LogP contribution in [0.3, 0.4) is 0 Å². The summed E-state index contributed by atoms with van der Waals surface area (Å²) in [5.74, 6) is -0.605. The van der Waals surface area contributed by atoms with Crippen LogP contribution in [0.25, 0.3) is 21.1 Å². The van der Waals surface area contributed by atoms with Crippen LogP contribution in [0, 0.1) is 0 Å². The van der Waals surface area contributed by atoms with Gasteiger partial charge in [-0.3, -0.25) is 4.79 Å². The number of H-pyrrole nitrogens is 1. The average molecular weight is 357 g/mol. The lowest BCUT2D eigenvalue weighted by Gasteiger charge is -2.12. The Balaban J connectivity index is 2.09. The molecular formula is C18H19N3O3S. The quantitative estimate of drug-likeness (QED) is 0.482. The van der Waals surface area contributed by atoms with Crippen molar-refractivity contribution in [1.29, 1.82) is 0 Å². The summed E-state index contributed by atoms with van der Waals surface area (Å²) in [6.07, 6.45) is 4.14. The molecule has 0 spiro atoms. The van der Waals surface area contributed by atoms with E-state index in [1.807, 2.05) is 0 Å². The van der Waals surface area contributed by atoms with Crippen LogP contribution in [0.15, 0.2) is 10.9 Å². The number of anilines is 2. The zero-order valence-electron chi connectivity index (χ0n) is 13.9. The Morgan fingerprint density at radius 2 is 2.04 bits per heavy atom. The number of benzene rings is 1. The Morgan fingerprint density at radius 3 is 2.80 bits per heavy atom. The van der Waals surface area contributed by atoms with Gasteiger partial charge in [0.05, 0.1) is 34.3 Å². The second-order valence-electron chi connectivity index (χ2n) is 6.27. The summed E-state index contributed by atoms with van der Waals surface area (Å²) in [5.41, 5.74) is 14.1. The summed E-state index contributed by atoms with van der Waals surface area (Å²) in [7, 11) is 0. The van der Waals surface area contributed by atoms with Crippen molar-refractivity contribution in [2.75, 3.05) is 18.1 Å². The summed E-state index contributed by atoms with van der Waals surface area (Å²) in [5, 5.41) is 1.02. The Bertz CT molecular complexity index is 1080. The molecule has 6 nitrogen and oxygen atoms in total. The molecule has 7 heteroatoms. The number of aromatic nitrogens is 1. The molecule has 0 radical (unpaired) electrons. The van der Waals surface area contributed by atoms with E-state index in [0.29, 0.717) is 16.3 Å². The molecule has 1 aliphatic rings. The first-order valence-electron chi connectivity index (χ1n) is 8.38. The van der Waals surface area contributed by atoms with Gasteiger partial charge in [-0.15, -0.1) is 11.3 Å². The lowest BCUT2D eigenvalue weighted by Crippen LogP contribution is -2.15. The first-order chi connectivity index (χ1) is 12.0. The van der Waals surface area contributed by atoms with Crippen LogP contribution >= 0.6 is 11.3 Å². The predicted molar refractivity (Wildman–Crippen MR) is 101 cm³/mol. The number of aryl methyl sites for hydroxylation is 2. The minimum atomic E-state index is -0.605. The zero-order chi connectivity index (χ0) is 17.7. The molecule has 1 aliphatic carbocycles. The number of pyridine rings is 1. The van der Waals surface area contributed by atoms with Gasteiger partial charge in [-0.2, -0.15) is 0 Å². The highest BCUT2D eigenvalue weighted by Gasteiger charge is 2.24. The molecule has 3 aromatic rings. The third kappa shape index (κ3) is 2.30. The maximum atomic E-state index is 13.2. The number of aromatic amines is 1. The third-order valence-corrected chi connectivity index (χ3v) is 5.96. The van der Waals surface area contributed by atoms with Crippen molar-refractivity contribution in [2.45, 2.75) is 32.6 Å². The van der Waals surface area contributed by atoms with Crippen molar-refractivity contribution in [3.05, 3.63) is 32.3 Å². The number of hydrogen-bond donors (Lipinski definition) is 3. The smallest absolute Gasteiger partial charge is 0.342 e. The Labute approximate surface area is 147 Å². The van der Waals surface area contributed by atoms with E-state index in [2.05, 4.69) is 4.98 Å². The second kappa shape index (κ2) is 5.77. The van der Waals surface area contributed by atoms with Crippen molar-refractivity contribution in [1.82, 2.24) is 4.98 Å². The van der Waals surface area contributed by atoms with Crippen LogP contribution in [-0.2, 0) is 17.6 Å². The number of carbonyl (C=O) groups is 1. The van der Waals surface area contributed by atoms with E-state index >= 15 is 0 Å². The van der Waals surface area contributed by atoms with Crippen LogP contribution in [0.1, 0.15) is 40.6 Å². The number of fused-ring (bicyclic) bond motifs is 4. The summed E-state index contributed by atoms with van der Waals surface area (Å²) >= 11 is 1.63. The molecule has 5 N–H and O–H groups in total. The molecule has 0 amide bonds. The number of esters is 1. The normalized spacial score (nSPS) is 14.0. The number of nitrogen functional groups attached to an aromatic ring is 2. The number of nitrogens with two attached hydrogens (primary N) is 2. The highest BCUT2D eigenvalue weighted by atomic mass is 32.1. The number of ether oxygens (including phenoxy) is 1. The largest absolute Gasteiger partial charge is 0.462 e. The highest BCUT2D eigenvalue weighted by molar-refractivity contribution is 7.18. The van der Waals surface area contributed by atoms with Crippen LogP contribution in [0.4, 0.5) is 11.4 Å². The monoisotopic (exact) mass is 357 g/mol. The van der Waals surface area contributed by atoms with Gasteiger partial charge in [-0.1, -0.05) is 0 Å². The molecule has 0 aliphatic heterocycles. The molecule has 2 heterocycles. The molecule has 130 valence electrons. The molecule has 0 unspecified atom stereocenters. The van der Waals surface area contributed by atoms with Gasteiger partial charge in [0.25, 0.3) is 0 Å². The highest BCUT2D eigenvalue weighted by Crippen LogP contribution is 2.36. The first-order valence-corrected chi connectivity index (χ1v) is 9.19. The van der Waals surface area contributed by atoms with Gasteiger partial charge < -0.3 is 21.2 Å². The van der Waals surface area contributed by atoms with E-state index in [-0.39, 0.29) is 29.0 Å². The fourth-order valence-electron chi connectivity index (χ4n) is 3.64. The number of nitrogens with one attached hydrogen (secondary N) is 1. The van der Waals surface area contributed by atoms with Gasteiger partial charge in [-0.05, 0) is 44.2 Å². The standard InChI is InChI=1S/C18H19N3O3S/c1-2-24-18(23)13-9(19)7-10-14(15(13)20)16(22)12-8-5-3-4-6-11(8)25-17(12)21-10/h7H,2-6,19-20H2,1H3,(H,21,22). The predicted octanol–water partition coefficient (Wildman–Crippen LogP) is 2.96. The minimum Gasteiger partial charge on any atom is -0.462 e. The zero-order valence-corrected chi connectivity index (χ0v) is 14.7. The Kier molecular flexibility index (Phi) is 3.68. The molecule has 25 heavy (non-hydrogen) atoms. The first kappa shape index (κ1) is 16.0. The van der Waals surface area contributed by atoms with Gasteiger partial charge in [0.1, 0.15) is 10.4 Å². The van der Waals surface area contributed by atoms with Crippen molar-refractivity contribution >= 4 is 49.8 Å². The summed E-state index contributed by atoms with van der Waals surface area (Å²) in [6.45, 7) is 1.92. The van der Waals surface area contributed by atoms with E-state index in [9.17, 15) is 9.59 Å². The van der Waals surface area contributed by atoms with Gasteiger partial charge in [0, 0.05) is 4.88 Å².